The van der Waals surface area contributed by atoms with E-state index in [0.717, 1.165) is 24.0 Å². The highest BCUT2D eigenvalue weighted by Gasteiger charge is 2.45. The van der Waals surface area contributed by atoms with E-state index in [4.69, 9.17) is 9.47 Å². The number of halogens is 2. The number of anilines is 1. The van der Waals surface area contributed by atoms with Crippen LogP contribution in [0.3, 0.4) is 0 Å². The largest absolute Gasteiger partial charge is 0.494 e. The van der Waals surface area contributed by atoms with Crippen molar-refractivity contribution in [2.75, 3.05) is 30.5 Å². The average molecular weight is 561 g/mol. The lowest BCUT2D eigenvalue weighted by molar-refractivity contribution is -0.113. The maximum atomic E-state index is 14.1. The molecule has 0 saturated heterocycles. The number of ether oxygens (including phenoxy) is 2. The predicted octanol–water partition coefficient (Wildman–Crippen LogP) is 3.02. The van der Waals surface area contributed by atoms with Gasteiger partial charge in [0.05, 0.1) is 25.3 Å². The van der Waals surface area contributed by atoms with E-state index >= 15 is 0 Å². The minimum absolute atomic E-state index is 0.00487. The van der Waals surface area contributed by atoms with E-state index in [9.17, 15) is 26.8 Å². The number of sulfone groups is 1. The van der Waals surface area contributed by atoms with Crippen LogP contribution in [0.25, 0.3) is 11.3 Å². The number of hydrogen-bond donors (Lipinski definition) is 2. The van der Waals surface area contributed by atoms with Gasteiger partial charge < -0.3 is 20.1 Å². The van der Waals surface area contributed by atoms with Crippen molar-refractivity contribution in [2.45, 2.75) is 31.8 Å². The van der Waals surface area contributed by atoms with E-state index in [1.54, 1.807) is 12.1 Å². The van der Waals surface area contributed by atoms with Crippen LogP contribution in [0.4, 0.5) is 14.5 Å². The maximum absolute atomic E-state index is 14.1. The van der Waals surface area contributed by atoms with Crippen molar-refractivity contribution < 1.29 is 36.3 Å². The summed E-state index contributed by atoms with van der Waals surface area (Å²) in [6.07, 6.45) is 2.02. The summed E-state index contributed by atoms with van der Waals surface area (Å²) in [4.78, 5) is 26.3. The van der Waals surface area contributed by atoms with Crippen molar-refractivity contribution >= 4 is 27.3 Å². The average Bonchev–Trinajstić information content (AvgIpc) is 3.11. The molecule has 3 aromatic rings. The summed E-state index contributed by atoms with van der Waals surface area (Å²) in [5, 5.41) is 10.1. The van der Waals surface area contributed by atoms with E-state index in [1.807, 2.05) is 13.0 Å². The van der Waals surface area contributed by atoms with Crippen LogP contribution < -0.4 is 20.1 Å². The Bertz CT molecular complexity index is 1590. The Morgan fingerprint density at radius 2 is 2.03 bits per heavy atom. The van der Waals surface area contributed by atoms with E-state index in [0.29, 0.717) is 37.6 Å². The molecule has 0 saturated carbocycles. The fourth-order valence-electron chi connectivity index (χ4n) is 5.02. The SMILES string of the molecule is CCOc1ccc2c(c1)OCCC[C@]21Cn2nc(-c3ccc(F)c(F)c3)c(NC(=O)CS(C)(=O)=O)c2C(=O)N1. The minimum atomic E-state index is -3.69. The van der Waals surface area contributed by atoms with Crippen molar-refractivity contribution in [1.29, 1.82) is 0 Å². The highest BCUT2D eigenvalue weighted by atomic mass is 32.2. The molecular formula is C26H26F2N4O6S. The van der Waals surface area contributed by atoms with E-state index in [-0.39, 0.29) is 29.2 Å². The number of carbonyl (C=O) groups is 2. The lowest BCUT2D eigenvalue weighted by Crippen LogP contribution is -2.53. The molecular weight excluding hydrogens is 534 g/mol. The molecule has 0 fully saturated rings. The number of nitrogens with one attached hydrogen (secondary N) is 2. The molecule has 0 radical (unpaired) electrons. The van der Waals surface area contributed by atoms with Crippen LogP contribution in [0.2, 0.25) is 0 Å². The molecule has 0 bridgehead atoms. The minimum Gasteiger partial charge on any atom is -0.494 e. The van der Waals surface area contributed by atoms with Crippen LogP contribution in [-0.2, 0) is 26.7 Å². The third-order valence-electron chi connectivity index (χ3n) is 6.58. The van der Waals surface area contributed by atoms with Crippen molar-refractivity contribution in [3.63, 3.8) is 0 Å². The van der Waals surface area contributed by atoms with Gasteiger partial charge in [0.25, 0.3) is 5.91 Å². The number of hydrogen-bond acceptors (Lipinski definition) is 7. The summed E-state index contributed by atoms with van der Waals surface area (Å²) in [6.45, 7) is 2.89. The molecule has 2 N–H and O–H groups in total. The van der Waals surface area contributed by atoms with Gasteiger partial charge in [-0.15, -0.1) is 0 Å². The molecule has 1 spiro atoms. The zero-order valence-electron chi connectivity index (χ0n) is 21.2. The fourth-order valence-corrected chi connectivity index (χ4v) is 5.56. The van der Waals surface area contributed by atoms with Gasteiger partial charge in [-0.1, -0.05) is 0 Å². The molecule has 2 aliphatic rings. The summed E-state index contributed by atoms with van der Waals surface area (Å²) in [5.41, 5.74) is -0.256. The topological polar surface area (TPSA) is 129 Å². The Morgan fingerprint density at radius 3 is 2.74 bits per heavy atom. The van der Waals surface area contributed by atoms with Crippen molar-refractivity contribution in [1.82, 2.24) is 15.1 Å². The molecule has 13 heteroatoms. The molecule has 5 rings (SSSR count). The number of amides is 2. The number of benzene rings is 2. The first-order chi connectivity index (χ1) is 18.5. The Hall–Kier alpha value is -4.00. The lowest BCUT2D eigenvalue weighted by atomic mass is 9.83. The first-order valence-corrected chi connectivity index (χ1v) is 14.3. The summed E-state index contributed by atoms with van der Waals surface area (Å²) in [7, 11) is -3.69. The molecule has 3 heterocycles. The van der Waals surface area contributed by atoms with Crippen LogP contribution in [0.1, 0.15) is 35.8 Å². The van der Waals surface area contributed by atoms with Crippen LogP contribution in [0.15, 0.2) is 36.4 Å². The van der Waals surface area contributed by atoms with Gasteiger partial charge >= 0.3 is 0 Å². The Labute approximate surface area is 223 Å². The number of fused-ring (bicyclic) bond motifs is 3. The highest BCUT2D eigenvalue weighted by Crippen LogP contribution is 2.43. The van der Waals surface area contributed by atoms with Gasteiger partial charge in [0, 0.05) is 23.4 Å². The molecule has 206 valence electrons. The molecule has 2 aliphatic heterocycles. The Morgan fingerprint density at radius 1 is 1.23 bits per heavy atom. The quantitative estimate of drug-likeness (QED) is 0.474. The molecule has 2 amide bonds. The van der Waals surface area contributed by atoms with Crippen molar-refractivity contribution in [3.8, 4) is 22.8 Å². The van der Waals surface area contributed by atoms with E-state index in [2.05, 4.69) is 15.7 Å². The van der Waals surface area contributed by atoms with Gasteiger partial charge in [-0.05, 0) is 50.1 Å². The van der Waals surface area contributed by atoms with Crippen LogP contribution in [0, 0.1) is 11.6 Å². The zero-order valence-corrected chi connectivity index (χ0v) is 22.0. The van der Waals surface area contributed by atoms with Gasteiger partial charge in [-0.3, -0.25) is 14.3 Å². The standard InChI is InChI=1S/C26H26F2N4O6S/c1-3-37-16-6-7-17-20(12-16)38-10-4-9-26(17)14-32-24(25(34)30-26)23(29-21(33)13-39(2,35)36)22(31-32)15-5-8-18(27)19(28)11-15/h5-8,11-12H,3-4,9-10,13-14H2,1-2H3,(H,29,33)(H,30,34)/t26-/m0/s1. The molecule has 10 nitrogen and oxygen atoms in total. The van der Waals surface area contributed by atoms with Gasteiger partial charge in [0.1, 0.15) is 28.6 Å². The van der Waals surface area contributed by atoms with Gasteiger partial charge in [-0.25, -0.2) is 17.2 Å². The van der Waals surface area contributed by atoms with Crippen LogP contribution >= 0.6 is 0 Å². The molecule has 39 heavy (non-hydrogen) atoms. The Kier molecular flexibility index (Phi) is 6.79. The van der Waals surface area contributed by atoms with Crippen LogP contribution in [0.5, 0.6) is 11.5 Å². The number of carbonyl (C=O) groups excluding carboxylic acids is 2. The summed E-state index contributed by atoms with van der Waals surface area (Å²) >= 11 is 0. The van der Waals surface area contributed by atoms with E-state index in [1.165, 1.54) is 10.7 Å². The van der Waals surface area contributed by atoms with Gasteiger partial charge in [0.2, 0.25) is 5.91 Å². The first kappa shape index (κ1) is 26.6. The predicted molar refractivity (Wildman–Crippen MR) is 137 cm³/mol. The number of aromatic nitrogens is 2. The number of nitrogens with zero attached hydrogens (tertiary/aromatic N) is 2. The lowest BCUT2D eigenvalue weighted by Gasteiger charge is -2.38. The molecule has 1 aromatic heterocycles. The first-order valence-electron chi connectivity index (χ1n) is 12.3. The number of rotatable bonds is 6. The maximum Gasteiger partial charge on any atom is 0.272 e. The second-order valence-corrected chi connectivity index (χ2v) is 11.7. The molecule has 0 aliphatic carbocycles. The Balaban J connectivity index is 1.63. The third-order valence-corrected chi connectivity index (χ3v) is 7.36. The monoisotopic (exact) mass is 560 g/mol. The molecule has 2 aromatic carbocycles. The summed E-state index contributed by atoms with van der Waals surface area (Å²) < 4.78 is 64.2. The normalized spacial score (nSPS) is 18.4. The fraction of sp³-hybridized carbons (Fsp3) is 0.346. The molecule has 0 unspecified atom stereocenters. The van der Waals surface area contributed by atoms with Crippen molar-refractivity contribution in [2.24, 2.45) is 0 Å². The second-order valence-electron chi connectivity index (χ2n) is 9.56. The second kappa shape index (κ2) is 9.95. The van der Waals surface area contributed by atoms with Crippen molar-refractivity contribution in [3.05, 3.63) is 59.3 Å². The van der Waals surface area contributed by atoms with E-state index < -0.39 is 44.6 Å². The molecule has 1 atom stereocenters. The third kappa shape index (κ3) is 5.18. The van der Waals surface area contributed by atoms with Gasteiger partial charge in [0.15, 0.2) is 27.2 Å². The highest BCUT2D eigenvalue weighted by molar-refractivity contribution is 7.91. The summed E-state index contributed by atoms with van der Waals surface area (Å²) in [6, 6.07) is 8.44. The zero-order chi connectivity index (χ0) is 27.9. The smallest absolute Gasteiger partial charge is 0.272 e. The summed E-state index contributed by atoms with van der Waals surface area (Å²) in [5.74, 6) is -3.38. The van der Waals surface area contributed by atoms with Crippen LogP contribution in [-0.4, -0.2) is 55.2 Å². The van der Waals surface area contributed by atoms with Gasteiger partial charge in [-0.2, -0.15) is 5.10 Å².